The molecule has 0 radical (unpaired) electrons. The topological polar surface area (TPSA) is 72.2 Å². The Morgan fingerprint density at radius 3 is 2.33 bits per heavy atom. The monoisotopic (exact) mass is 310 g/mol. The average molecular weight is 310 g/mol. The van der Waals surface area contributed by atoms with Crippen LogP contribution in [0.3, 0.4) is 0 Å². The van der Waals surface area contributed by atoms with Crippen molar-refractivity contribution in [2.75, 3.05) is 13.1 Å². The maximum Gasteiger partial charge on any atom is 0.240 e. The molecule has 0 atom stereocenters. The molecule has 1 aromatic carbocycles. The van der Waals surface area contributed by atoms with E-state index in [0.717, 1.165) is 31.2 Å². The van der Waals surface area contributed by atoms with E-state index in [0.29, 0.717) is 23.9 Å². The Balaban J connectivity index is 1.99. The van der Waals surface area contributed by atoms with Crippen molar-refractivity contribution >= 4 is 10.0 Å². The Labute approximate surface area is 128 Å². The smallest absolute Gasteiger partial charge is 0.240 e. The minimum absolute atomic E-state index is 0.175. The summed E-state index contributed by atoms with van der Waals surface area (Å²) >= 11 is 0. The zero-order valence-corrected chi connectivity index (χ0v) is 13.7. The van der Waals surface area contributed by atoms with Crippen LogP contribution in [0.4, 0.5) is 0 Å². The van der Waals surface area contributed by atoms with E-state index < -0.39 is 10.0 Å². The Morgan fingerprint density at radius 2 is 1.86 bits per heavy atom. The summed E-state index contributed by atoms with van der Waals surface area (Å²) in [7, 11) is -3.40. The maximum absolute atomic E-state index is 12.3. The van der Waals surface area contributed by atoms with E-state index in [9.17, 15) is 8.42 Å². The largest absolute Gasteiger partial charge is 0.330 e. The first-order valence-electron chi connectivity index (χ1n) is 7.68. The summed E-state index contributed by atoms with van der Waals surface area (Å²) in [5, 5.41) is 0. The summed E-state index contributed by atoms with van der Waals surface area (Å²) in [6.45, 7) is 5.52. The van der Waals surface area contributed by atoms with E-state index in [1.165, 1.54) is 0 Å². The van der Waals surface area contributed by atoms with Crippen LogP contribution in [-0.4, -0.2) is 21.5 Å². The molecule has 0 aliphatic heterocycles. The molecule has 3 N–H and O–H groups in total. The first kappa shape index (κ1) is 16.5. The second-order valence-electron chi connectivity index (χ2n) is 6.38. The fourth-order valence-corrected chi connectivity index (χ4v) is 3.72. The summed E-state index contributed by atoms with van der Waals surface area (Å²) in [4.78, 5) is 0.346. The van der Waals surface area contributed by atoms with Gasteiger partial charge in [0.2, 0.25) is 10.0 Å². The van der Waals surface area contributed by atoms with Gasteiger partial charge in [0.15, 0.2) is 0 Å². The number of nitrogens with two attached hydrogens (primary N) is 1. The lowest BCUT2D eigenvalue weighted by atomic mass is 9.93. The molecule has 0 saturated heterocycles. The molecular formula is C16H26N2O2S. The average Bonchev–Trinajstić information content (AvgIpc) is 3.25. The fourth-order valence-electron chi connectivity index (χ4n) is 2.58. The molecule has 1 fully saturated rings. The van der Waals surface area contributed by atoms with Gasteiger partial charge in [-0.2, -0.15) is 0 Å². The van der Waals surface area contributed by atoms with Crippen LogP contribution in [0.15, 0.2) is 29.2 Å². The van der Waals surface area contributed by atoms with Gasteiger partial charge in [-0.1, -0.05) is 26.0 Å². The van der Waals surface area contributed by atoms with Gasteiger partial charge in [0, 0.05) is 6.54 Å². The Kier molecular flexibility index (Phi) is 5.07. The summed E-state index contributed by atoms with van der Waals surface area (Å²) in [5.74, 6) is 0.513. The van der Waals surface area contributed by atoms with Gasteiger partial charge < -0.3 is 5.73 Å². The van der Waals surface area contributed by atoms with Crippen molar-refractivity contribution in [1.29, 1.82) is 0 Å². The molecule has 2 rings (SSSR count). The van der Waals surface area contributed by atoms with E-state index in [1.54, 1.807) is 12.1 Å². The first-order chi connectivity index (χ1) is 9.89. The first-order valence-corrected chi connectivity index (χ1v) is 9.17. The number of hydrogen-bond donors (Lipinski definition) is 2. The van der Waals surface area contributed by atoms with E-state index in [-0.39, 0.29) is 5.41 Å². The van der Waals surface area contributed by atoms with Crippen molar-refractivity contribution in [3.8, 4) is 0 Å². The molecule has 0 bridgehead atoms. The van der Waals surface area contributed by atoms with E-state index in [4.69, 9.17) is 5.73 Å². The van der Waals surface area contributed by atoms with E-state index in [1.807, 2.05) is 12.1 Å². The third-order valence-electron chi connectivity index (χ3n) is 4.63. The molecule has 1 aromatic rings. The molecule has 0 amide bonds. The highest BCUT2D eigenvalue weighted by Crippen LogP contribution is 2.51. The van der Waals surface area contributed by atoms with Gasteiger partial charge >= 0.3 is 0 Å². The number of hydrogen-bond acceptors (Lipinski definition) is 3. The van der Waals surface area contributed by atoms with Crippen molar-refractivity contribution in [1.82, 2.24) is 4.72 Å². The van der Waals surface area contributed by atoms with Crippen LogP contribution in [0.5, 0.6) is 0 Å². The quantitative estimate of drug-likeness (QED) is 0.774. The van der Waals surface area contributed by atoms with E-state index >= 15 is 0 Å². The van der Waals surface area contributed by atoms with Gasteiger partial charge in [-0.25, -0.2) is 13.1 Å². The minimum Gasteiger partial charge on any atom is -0.330 e. The standard InChI is InChI=1S/C16H26N2O2S/c1-13(2)16(9-10-16)12-18-21(19,20)15-7-5-14(6-8-15)4-3-11-17/h5-8,13,18H,3-4,9-12,17H2,1-2H3. The van der Waals surface area contributed by atoms with Crippen molar-refractivity contribution in [3.05, 3.63) is 29.8 Å². The molecule has 21 heavy (non-hydrogen) atoms. The van der Waals surface area contributed by atoms with Crippen LogP contribution < -0.4 is 10.5 Å². The predicted octanol–water partition coefficient (Wildman–Crippen LogP) is 2.29. The van der Waals surface area contributed by atoms with Crippen molar-refractivity contribution in [2.45, 2.75) is 44.4 Å². The van der Waals surface area contributed by atoms with Gasteiger partial charge in [-0.3, -0.25) is 0 Å². The number of rotatable bonds is 8. The minimum atomic E-state index is -3.40. The number of nitrogens with one attached hydrogen (secondary N) is 1. The molecule has 1 aliphatic rings. The number of benzene rings is 1. The zero-order valence-electron chi connectivity index (χ0n) is 12.9. The SMILES string of the molecule is CC(C)C1(CNS(=O)(=O)c2ccc(CCCN)cc2)CC1. The molecule has 1 aliphatic carbocycles. The molecule has 5 heteroatoms. The third-order valence-corrected chi connectivity index (χ3v) is 6.05. The second kappa shape index (κ2) is 6.46. The highest BCUT2D eigenvalue weighted by atomic mass is 32.2. The molecule has 4 nitrogen and oxygen atoms in total. The van der Waals surface area contributed by atoms with Crippen molar-refractivity contribution in [3.63, 3.8) is 0 Å². The Hall–Kier alpha value is -0.910. The van der Waals surface area contributed by atoms with Crippen LogP contribution in [0.1, 0.15) is 38.7 Å². The van der Waals surface area contributed by atoms with Crippen LogP contribution in [0, 0.1) is 11.3 Å². The Bertz CT molecular complexity index is 560. The van der Waals surface area contributed by atoms with Gasteiger partial charge in [0.1, 0.15) is 0 Å². The third kappa shape index (κ3) is 4.05. The highest BCUT2D eigenvalue weighted by Gasteiger charge is 2.45. The molecular weight excluding hydrogens is 284 g/mol. The van der Waals surface area contributed by atoms with Gasteiger partial charge in [-0.05, 0) is 61.3 Å². The van der Waals surface area contributed by atoms with Gasteiger partial charge in [0.25, 0.3) is 0 Å². The summed E-state index contributed by atoms with van der Waals surface area (Å²) in [5.41, 5.74) is 6.78. The zero-order chi connectivity index (χ0) is 15.5. The van der Waals surface area contributed by atoms with Crippen LogP contribution in [0.2, 0.25) is 0 Å². The lowest BCUT2D eigenvalue weighted by Gasteiger charge is -2.20. The maximum atomic E-state index is 12.3. The molecule has 1 saturated carbocycles. The number of sulfonamides is 1. The van der Waals surface area contributed by atoms with Gasteiger partial charge in [0.05, 0.1) is 4.90 Å². The lowest BCUT2D eigenvalue weighted by Crippen LogP contribution is -2.32. The molecule has 0 spiro atoms. The summed E-state index contributed by atoms with van der Waals surface area (Å²) < 4.78 is 27.4. The molecule has 118 valence electrons. The van der Waals surface area contributed by atoms with Gasteiger partial charge in [-0.15, -0.1) is 0 Å². The molecule has 0 aromatic heterocycles. The van der Waals surface area contributed by atoms with Crippen LogP contribution in [0.25, 0.3) is 0 Å². The van der Waals surface area contributed by atoms with Crippen LogP contribution in [-0.2, 0) is 16.4 Å². The second-order valence-corrected chi connectivity index (χ2v) is 8.14. The summed E-state index contributed by atoms with van der Waals surface area (Å²) in [6, 6.07) is 7.12. The highest BCUT2D eigenvalue weighted by molar-refractivity contribution is 7.89. The lowest BCUT2D eigenvalue weighted by molar-refractivity contribution is 0.357. The van der Waals surface area contributed by atoms with E-state index in [2.05, 4.69) is 18.6 Å². The van der Waals surface area contributed by atoms with Crippen molar-refractivity contribution in [2.24, 2.45) is 17.1 Å². The number of aryl methyl sites for hydroxylation is 1. The normalized spacial score (nSPS) is 17.1. The predicted molar refractivity (Wildman–Crippen MR) is 85.5 cm³/mol. The molecule has 0 unspecified atom stereocenters. The van der Waals surface area contributed by atoms with Crippen LogP contribution >= 0.6 is 0 Å². The summed E-state index contributed by atoms with van der Waals surface area (Å²) in [6.07, 6.45) is 4.04. The van der Waals surface area contributed by atoms with Crippen molar-refractivity contribution < 1.29 is 8.42 Å². The Morgan fingerprint density at radius 1 is 1.24 bits per heavy atom. The fraction of sp³-hybridized carbons (Fsp3) is 0.625. The molecule has 0 heterocycles.